The zero-order valence-electron chi connectivity index (χ0n) is 22.7. The number of halogens is 4. The van der Waals surface area contributed by atoms with Gasteiger partial charge in [-0.1, -0.05) is 45.0 Å². The van der Waals surface area contributed by atoms with Crippen LogP contribution in [-0.2, 0) is 5.41 Å². The summed E-state index contributed by atoms with van der Waals surface area (Å²) in [6.07, 6.45) is -4.86. The van der Waals surface area contributed by atoms with E-state index >= 15 is 0 Å². The van der Waals surface area contributed by atoms with Crippen LogP contribution < -0.4 is 20.1 Å². The molecule has 2 amide bonds. The molecular formula is C31H26F4N2O5. The van der Waals surface area contributed by atoms with Gasteiger partial charge >= 0.3 is 18.4 Å². The Labute approximate surface area is 238 Å². The summed E-state index contributed by atoms with van der Waals surface area (Å²) in [5.74, 6) is -1.66. The van der Waals surface area contributed by atoms with Gasteiger partial charge in [0.1, 0.15) is 17.3 Å². The fourth-order valence-electron chi connectivity index (χ4n) is 4.08. The van der Waals surface area contributed by atoms with E-state index in [-0.39, 0.29) is 39.2 Å². The van der Waals surface area contributed by atoms with Crippen LogP contribution in [0.4, 0.5) is 33.7 Å². The third-order valence-corrected chi connectivity index (χ3v) is 6.01. The monoisotopic (exact) mass is 582 g/mol. The summed E-state index contributed by atoms with van der Waals surface area (Å²) in [5.41, 5.74) is 0.993. The fourth-order valence-corrected chi connectivity index (χ4v) is 4.08. The molecule has 0 bridgehead atoms. The third kappa shape index (κ3) is 7.57. The normalized spacial score (nSPS) is 11.5. The number of nitrogens with one attached hydrogen (secondary N) is 2. The average Bonchev–Trinajstić information content (AvgIpc) is 2.90. The molecule has 42 heavy (non-hydrogen) atoms. The lowest BCUT2D eigenvalue weighted by Gasteiger charge is -2.23. The summed E-state index contributed by atoms with van der Waals surface area (Å²) in [5, 5.41) is 14.5. The number of hydrogen-bond acceptors (Lipinski definition) is 4. The van der Waals surface area contributed by atoms with Gasteiger partial charge in [-0.25, -0.2) is 14.0 Å². The van der Waals surface area contributed by atoms with E-state index < -0.39 is 29.9 Å². The number of amides is 2. The van der Waals surface area contributed by atoms with Gasteiger partial charge in [-0.3, -0.25) is 0 Å². The van der Waals surface area contributed by atoms with Crippen LogP contribution in [0.3, 0.4) is 0 Å². The van der Waals surface area contributed by atoms with Crippen LogP contribution in [0.1, 0.15) is 36.7 Å². The number of aromatic carboxylic acids is 1. The first-order chi connectivity index (χ1) is 19.7. The van der Waals surface area contributed by atoms with E-state index in [1.165, 1.54) is 36.4 Å². The van der Waals surface area contributed by atoms with Crippen LogP contribution in [0.15, 0.2) is 84.9 Å². The van der Waals surface area contributed by atoms with Gasteiger partial charge in [0.05, 0.1) is 11.3 Å². The van der Waals surface area contributed by atoms with Crippen LogP contribution in [0.2, 0.25) is 0 Å². The van der Waals surface area contributed by atoms with E-state index in [9.17, 15) is 32.3 Å². The number of anilines is 2. The Bertz CT molecular complexity index is 1610. The number of alkyl halides is 3. The number of carbonyl (C=O) groups is 2. The molecule has 0 spiro atoms. The summed E-state index contributed by atoms with van der Waals surface area (Å²) in [6.45, 7) is 6.02. The van der Waals surface area contributed by atoms with Gasteiger partial charge in [-0.05, 0) is 71.6 Å². The summed E-state index contributed by atoms with van der Waals surface area (Å²) in [7, 11) is 0. The number of urea groups is 1. The zero-order valence-corrected chi connectivity index (χ0v) is 22.7. The number of rotatable bonds is 7. The van der Waals surface area contributed by atoms with Crippen molar-refractivity contribution in [3.8, 4) is 28.4 Å². The van der Waals surface area contributed by atoms with E-state index in [0.717, 1.165) is 29.8 Å². The maximum atomic E-state index is 14.8. The lowest BCUT2D eigenvalue weighted by Crippen LogP contribution is -2.20. The largest absolute Gasteiger partial charge is 0.573 e. The smallest absolute Gasteiger partial charge is 0.478 e. The Kier molecular flexibility index (Phi) is 8.41. The molecule has 0 aliphatic carbocycles. The van der Waals surface area contributed by atoms with Crippen molar-refractivity contribution in [2.45, 2.75) is 32.5 Å². The van der Waals surface area contributed by atoms with Gasteiger partial charge in [0, 0.05) is 16.8 Å². The summed E-state index contributed by atoms with van der Waals surface area (Å²) < 4.78 is 62.2. The predicted molar refractivity (Wildman–Crippen MR) is 150 cm³/mol. The molecule has 11 heteroatoms. The van der Waals surface area contributed by atoms with Crippen molar-refractivity contribution in [1.29, 1.82) is 0 Å². The number of hydrogen-bond donors (Lipinski definition) is 3. The first kappa shape index (κ1) is 29.9. The van der Waals surface area contributed by atoms with E-state index in [2.05, 4.69) is 15.4 Å². The molecule has 0 saturated heterocycles. The van der Waals surface area contributed by atoms with Crippen molar-refractivity contribution < 1.29 is 41.7 Å². The maximum Gasteiger partial charge on any atom is 0.573 e. The number of benzene rings is 4. The Balaban J connectivity index is 1.68. The van der Waals surface area contributed by atoms with Gasteiger partial charge in [-0.15, -0.1) is 13.2 Å². The molecule has 3 N–H and O–H groups in total. The fraction of sp³-hybridized carbons (Fsp3) is 0.161. The molecule has 0 unspecified atom stereocenters. The van der Waals surface area contributed by atoms with E-state index in [1.807, 2.05) is 32.9 Å². The summed E-state index contributed by atoms with van der Waals surface area (Å²) in [4.78, 5) is 24.4. The third-order valence-electron chi connectivity index (χ3n) is 6.01. The van der Waals surface area contributed by atoms with Crippen LogP contribution >= 0.6 is 0 Å². The molecule has 0 radical (unpaired) electrons. The highest BCUT2D eigenvalue weighted by molar-refractivity contribution is 6.01. The topological polar surface area (TPSA) is 96.9 Å². The molecule has 4 aromatic carbocycles. The maximum absolute atomic E-state index is 14.8. The van der Waals surface area contributed by atoms with E-state index in [0.29, 0.717) is 5.75 Å². The second-order valence-corrected chi connectivity index (χ2v) is 10.2. The standard InChI is InChI=1S/C31H26F4N2O5/c1-30(2,3)23-6-4-5-7-26(23)41-27-15-9-18(22-16-19(28(38)39)8-14-24(22)32)17-25(27)37-29(40)36-20-10-12-21(13-11-20)42-31(33,34)35/h4-17H,1-3H3,(H,38,39)(H2,36,37,40). The van der Waals surface area contributed by atoms with Crippen molar-refractivity contribution >= 4 is 23.4 Å². The minimum Gasteiger partial charge on any atom is -0.478 e. The molecule has 7 nitrogen and oxygen atoms in total. The molecule has 4 rings (SSSR count). The highest BCUT2D eigenvalue weighted by Crippen LogP contribution is 2.39. The Morgan fingerprint density at radius 1 is 0.810 bits per heavy atom. The lowest BCUT2D eigenvalue weighted by atomic mass is 9.86. The van der Waals surface area contributed by atoms with Crippen molar-refractivity contribution in [1.82, 2.24) is 0 Å². The van der Waals surface area contributed by atoms with Gasteiger partial charge in [0.2, 0.25) is 0 Å². The number of carboxylic acid groups (broad SMARTS) is 1. The molecule has 0 aliphatic rings. The summed E-state index contributed by atoms with van der Waals surface area (Å²) >= 11 is 0. The second-order valence-electron chi connectivity index (χ2n) is 10.2. The molecule has 4 aromatic rings. The van der Waals surface area contributed by atoms with Gasteiger partial charge < -0.3 is 25.2 Å². The number of ether oxygens (including phenoxy) is 2. The molecule has 0 fully saturated rings. The molecular weight excluding hydrogens is 556 g/mol. The Morgan fingerprint density at radius 2 is 1.50 bits per heavy atom. The van der Waals surface area contributed by atoms with Crippen LogP contribution in [-0.4, -0.2) is 23.5 Å². The van der Waals surface area contributed by atoms with Gasteiger partial charge in [-0.2, -0.15) is 0 Å². The van der Waals surface area contributed by atoms with Crippen LogP contribution in [0, 0.1) is 5.82 Å². The predicted octanol–water partition coefficient (Wildman–Crippen LogP) is 8.82. The minimum atomic E-state index is -4.86. The zero-order chi connectivity index (χ0) is 30.7. The quantitative estimate of drug-likeness (QED) is 0.189. The molecule has 0 heterocycles. The van der Waals surface area contributed by atoms with E-state index in [1.54, 1.807) is 12.1 Å². The highest BCUT2D eigenvalue weighted by atomic mass is 19.4. The highest BCUT2D eigenvalue weighted by Gasteiger charge is 2.31. The minimum absolute atomic E-state index is 0.0137. The first-order valence-corrected chi connectivity index (χ1v) is 12.6. The first-order valence-electron chi connectivity index (χ1n) is 12.6. The van der Waals surface area contributed by atoms with Crippen molar-refractivity contribution in [3.63, 3.8) is 0 Å². The van der Waals surface area contributed by atoms with E-state index in [4.69, 9.17) is 4.74 Å². The molecule has 0 aromatic heterocycles. The Hall–Kier alpha value is -5.06. The Morgan fingerprint density at radius 3 is 2.14 bits per heavy atom. The molecule has 0 saturated carbocycles. The van der Waals surface area contributed by atoms with Crippen LogP contribution in [0.25, 0.3) is 11.1 Å². The SMILES string of the molecule is CC(C)(C)c1ccccc1Oc1ccc(-c2cc(C(=O)O)ccc2F)cc1NC(=O)Nc1ccc(OC(F)(F)F)cc1. The van der Waals surface area contributed by atoms with Crippen molar-refractivity contribution in [3.05, 3.63) is 102 Å². The van der Waals surface area contributed by atoms with Crippen molar-refractivity contribution in [2.24, 2.45) is 0 Å². The average molecular weight is 583 g/mol. The molecule has 218 valence electrons. The molecule has 0 aliphatic heterocycles. The number of para-hydroxylation sites is 1. The van der Waals surface area contributed by atoms with Crippen LogP contribution in [0.5, 0.6) is 17.2 Å². The second kappa shape index (κ2) is 11.8. The number of carbonyl (C=O) groups excluding carboxylic acids is 1. The summed E-state index contributed by atoms with van der Waals surface area (Å²) in [6, 6.07) is 18.9. The lowest BCUT2D eigenvalue weighted by molar-refractivity contribution is -0.274. The van der Waals surface area contributed by atoms with Crippen molar-refractivity contribution in [2.75, 3.05) is 10.6 Å². The molecule has 0 atom stereocenters. The van der Waals surface area contributed by atoms with Gasteiger partial charge in [0.25, 0.3) is 0 Å². The number of carboxylic acids is 1. The van der Waals surface area contributed by atoms with Gasteiger partial charge in [0.15, 0.2) is 5.75 Å².